The molecule has 1 aliphatic rings. The fraction of sp³-hybridized carbons (Fsp3) is 0.944. The van der Waals surface area contributed by atoms with Crippen molar-refractivity contribution in [2.45, 2.75) is 89.9 Å². The lowest BCUT2D eigenvalue weighted by molar-refractivity contribution is 0.342. The Morgan fingerprint density at radius 1 is 0.684 bits per heavy atom. The van der Waals surface area contributed by atoms with Gasteiger partial charge in [-0.25, -0.2) is 0 Å². The second kappa shape index (κ2) is 13.0. The molecule has 1 saturated heterocycles. The standard InChI is InChI=1S/C18H36N/c1-2-3-4-5-6-7-8-9-10-11-12-13-18-14-16-19-17-15-18/h18-19H,1-17H2. The summed E-state index contributed by atoms with van der Waals surface area (Å²) in [5, 5.41) is 3.45. The quantitative estimate of drug-likeness (QED) is 0.460. The second-order valence-corrected chi connectivity index (χ2v) is 6.37. The van der Waals surface area contributed by atoms with Gasteiger partial charge in [0.15, 0.2) is 0 Å². The van der Waals surface area contributed by atoms with E-state index in [-0.39, 0.29) is 0 Å². The average Bonchev–Trinajstić information content (AvgIpc) is 2.46. The molecule has 1 fully saturated rings. The van der Waals surface area contributed by atoms with Gasteiger partial charge in [-0.05, 0) is 31.8 Å². The van der Waals surface area contributed by atoms with Gasteiger partial charge in [0.05, 0.1) is 0 Å². The molecule has 1 rings (SSSR count). The molecule has 0 aromatic heterocycles. The van der Waals surface area contributed by atoms with Crippen LogP contribution < -0.4 is 5.32 Å². The molecule has 0 aromatic rings. The van der Waals surface area contributed by atoms with Crippen molar-refractivity contribution in [1.82, 2.24) is 5.32 Å². The molecule has 0 saturated carbocycles. The predicted octanol–water partition coefficient (Wildman–Crippen LogP) is 5.50. The summed E-state index contributed by atoms with van der Waals surface area (Å²) < 4.78 is 0. The van der Waals surface area contributed by atoms with Crippen LogP contribution in [0.4, 0.5) is 0 Å². The first-order valence-corrected chi connectivity index (χ1v) is 8.93. The largest absolute Gasteiger partial charge is 0.317 e. The van der Waals surface area contributed by atoms with Crippen LogP contribution in [0.5, 0.6) is 0 Å². The molecule has 1 heterocycles. The highest BCUT2D eigenvalue weighted by atomic mass is 14.9. The van der Waals surface area contributed by atoms with Gasteiger partial charge < -0.3 is 5.32 Å². The minimum atomic E-state index is 1.04. The van der Waals surface area contributed by atoms with Crippen molar-refractivity contribution < 1.29 is 0 Å². The average molecular weight is 266 g/mol. The Hall–Kier alpha value is -0.0400. The topological polar surface area (TPSA) is 12.0 Å². The summed E-state index contributed by atoms with van der Waals surface area (Å²) in [7, 11) is 0. The molecule has 0 atom stereocenters. The van der Waals surface area contributed by atoms with Crippen molar-refractivity contribution in [1.29, 1.82) is 0 Å². The van der Waals surface area contributed by atoms with E-state index in [1.165, 1.54) is 96.6 Å². The van der Waals surface area contributed by atoms with Gasteiger partial charge in [0.25, 0.3) is 0 Å². The van der Waals surface area contributed by atoms with Crippen LogP contribution in [0.15, 0.2) is 0 Å². The highest BCUT2D eigenvalue weighted by Crippen LogP contribution is 2.20. The highest BCUT2D eigenvalue weighted by molar-refractivity contribution is 4.68. The molecule has 19 heavy (non-hydrogen) atoms. The van der Waals surface area contributed by atoms with E-state index in [1.807, 2.05) is 0 Å². The van der Waals surface area contributed by atoms with Crippen LogP contribution in [0.25, 0.3) is 0 Å². The maximum Gasteiger partial charge on any atom is -0.00463 e. The first kappa shape index (κ1) is 17.0. The van der Waals surface area contributed by atoms with E-state index in [1.54, 1.807) is 0 Å². The van der Waals surface area contributed by atoms with Crippen molar-refractivity contribution in [3.05, 3.63) is 6.92 Å². The molecule has 1 radical (unpaired) electrons. The van der Waals surface area contributed by atoms with E-state index in [0.717, 1.165) is 12.3 Å². The van der Waals surface area contributed by atoms with Gasteiger partial charge in [0.2, 0.25) is 0 Å². The fourth-order valence-corrected chi connectivity index (χ4v) is 3.19. The van der Waals surface area contributed by atoms with Crippen molar-refractivity contribution >= 4 is 0 Å². The lowest BCUT2D eigenvalue weighted by Crippen LogP contribution is -2.27. The summed E-state index contributed by atoms with van der Waals surface area (Å²) in [6.45, 7) is 6.42. The van der Waals surface area contributed by atoms with Crippen LogP contribution in [0.2, 0.25) is 0 Å². The molecule has 0 spiro atoms. The Morgan fingerprint density at radius 3 is 1.68 bits per heavy atom. The van der Waals surface area contributed by atoms with Crippen LogP contribution in [0, 0.1) is 12.8 Å². The second-order valence-electron chi connectivity index (χ2n) is 6.37. The Balaban J connectivity index is 1.71. The molecule has 0 aromatic carbocycles. The van der Waals surface area contributed by atoms with Gasteiger partial charge in [-0.2, -0.15) is 0 Å². The first-order chi connectivity index (χ1) is 9.43. The smallest absolute Gasteiger partial charge is 0.00463 e. The van der Waals surface area contributed by atoms with Gasteiger partial charge in [0, 0.05) is 0 Å². The summed E-state index contributed by atoms with van der Waals surface area (Å²) in [5.74, 6) is 1.04. The van der Waals surface area contributed by atoms with Crippen molar-refractivity contribution in [2.24, 2.45) is 5.92 Å². The zero-order chi connectivity index (χ0) is 13.6. The van der Waals surface area contributed by atoms with Gasteiger partial charge in [-0.1, -0.05) is 84.0 Å². The zero-order valence-corrected chi connectivity index (χ0v) is 13.1. The molecule has 1 nitrogen and oxygen atoms in total. The molecule has 1 aliphatic heterocycles. The number of hydrogen-bond acceptors (Lipinski definition) is 1. The summed E-state index contributed by atoms with van der Waals surface area (Å²) in [4.78, 5) is 0. The van der Waals surface area contributed by atoms with Crippen molar-refractivity contribution in [3.8, 4) is 0 Å². The van der Waals surface area contributed by atoms with Crippen LogP contribution >= 0.6 is 0 Å². The van der Waals surface area contributed by atoms with Crippen molar-refractivity contribution in [3.63, 3.8) is 0 Å². The maximum absolute atomic E-state index is 3.89. The molecule has 1 heteroatoms. The molecule has 1 N–H and O–H groups in total. The van der Waals surface area contributed by atoms with Gasteiger partial charge in [-0.3, -0.25) is 0 Å². The van der Waals surface area contributed by atoms with E-state index in [2.05, 4.69) is 12.2 Å². The summed E-state index contributed by atoms with van der Waals surface area (Å²) in [6.07, 6.45) is 19.9. The van der Waals surface area contributed by atoms with Gasteiger partial charge in [0.1, 0.15) is 0 Å². The maximum atomic E-state index is 3.89. The molecule has 0 unspecified atom stereocenters. The third kappa shape index (κ3) is 10.4. The lowest BCUT2D eigenvalue weighted by atomic mass is 9.92. The minimum Gasteiger partial charge on any atom is -0.317 e. The van der Waals surface area contributed by atoms with Gasteiger partial charge in [-0.15, -0.1) is 0 Å². The Kier molecular flexibility index (Phi) is 11.6. The van der Waals surface area contributed by atoms with Crippen LogP contribution in [-0.4, -0.2) is 13.1 Å². The molecule has 0 bridgehead atoms. The van der Waals surface area contributed by atoms with Gasteiger partial charge >= 0.3 is 0 Å². The number of nitrogens with one attached hydrogen (secondary N) is 1. The number of unbranched alkanes of at least 4 members (excludes halogenated alkanes) is 10. The zero-order valence-electron chi connectivity index (χ0n) is 13.1. The van der Waals surface area contributed by atoms with Crippen LogP contribution in [0.3, 0.4) is 0 Å². The normalized spacial score (nSPS) is 16.9. The number of rotatable bonds is 12. The first-order valence-electron chi connectivity index (χ1n) is 8.93. The Labute approximate surface area is 121 Å². The predicted molar refractivity (Wildman–Crippen MR) is 86.4 cm³/mol. The number of piperidine rings is 1. The molecule has 0 amide bonds. The number of hydrogen-bond donors (Lipinski definition) is 1. The molecule has 113 valence electrons. The molecular formula is C18H36N. The van der Waals surface area contributed by atoms with Crippen molar-refractivity contribution in [2.75, 3.05) is 13.1 Å². The van der Waals surface area contributed by atoms with E-state index >= 15 is 0 Å². The molecular weight excluding hydrogens is 230 g/mol. The van der Waals surface area contributed by atoms with E-state index in [0.29, 0.717) is 0 Å². The Morgan fingerprint density at radius 2 is 1.16 bits per heavy atom. The monoisotopic (exact) mass is 266 g/mol. The summed E-state index contributed by atoms with van der Waals surface area (Å²) in [6, 6.07) is 0. The SMILES string of the molecule is [CH2]CCCCCCCCCCCCC1CCNCC1. The van der Waals surface area contributed by atoms with Crippen LogP contribution in [0.1, 0.15) is 89.9 Å². The summed E-state index contributed by atoms with van der Waals surface area (Å²) in [5.41, 5.74) is 0. The third-order valence-corrected chi connectivity index (χ3v) is 4.57. The summed E-state index contributed by atoms with van der Waals surface area (Å²) >= 11 is 0. The highest BCUT2D eigenvalue weighted by Gasteiger charge is 2.11. The third-order valence-electron chi connectivity index (χ3n) is 4.57. The lowest BCUT2D eigenvalue weighted by Gasteiger charge is -2.22. The van der Waals surface area contributed by atoms with E-state index in [9.17, 15) is 0 Å². The van der Waals surface area contributed by atoms with E-state index in [4.69, 9.17) is 0 Å². The molecule has 0 aliphatic carbocycles. The van der Waals surface area contributed by atoms with Crippen LogP contribution in [-0.2, 0) is 0 Å². The van der Waals surface area contributed by atoms with E-state index < -0.39 is 0 Å². The fourth-order valence-electron chi connectivity index (χ4n) is 3.19. The minimum absolute atomic E-state index is 1.04. The Bertz CT molecular complexity index is 173.